The summed E-state index contributed by atoms with van der Waals surface area (Å²) in [5.74, 6) is 0.352. The number of hydrogen-bond donors (Lipinski definition) is 2. The van der Waals surface area contributed by atoms with Gasteiger partial charge in [-0.2, -0.15) is 0 Å². The molecule has 0 fully saturated rings. The van der Waals surface area contributed by atoms with Crippen molar-refractivity contribution in [1.82, 2.24) is 14.6 Å². The number of carbonyl (C=O) groups excluding carboxylic acids is 2. The van der Waals surface area contributed by atoms with Gasteiger partial charge in [0.05, 0.1) is 24.1 Å². The first-order valence-corrected chi connectivity index (χ1v) is 9.75. The lowest BCUT2D eigenvalue weighted by Crippen LogP contribution is -2.17. The summed E-state index contributed by atoms with van der Waals surface area (Å²) in [6.07, 6.45) is 1.58. The highest BCUT2D eigenvalue weighted by Gasteiger charge is 2.14. The van der Waals surface area contributed by atoms with Crippen molar-refractivity contribution in [2.24, 2.45) is 0 Å². The summed E-state index contributed by atoms with van der Waals surface area (Å²) in [5.41, 5.74) is 2.17. The Kier molecular flexibility index (Phi) is 5.81. The molecule has 8 nitrogen and oxygen atoms in total. The predicted octanol–water partition coefficient (Wildman–Crippen LogP) is 3.82. The summed E-state index contributed by atoms with van der Waals surface area (Å²) in [6, 6.07) is 17.5. The highest BCUT2D eigenvalue weighted by molar-refractivity contribution is 6.32. The summed E-state index contributed by atoms with van der Waals surface area (Å²) in [7, 11) is 1.52. The van der Waals surface area contributed by atoms with Crippen LogP contribution in [0.4, 0.5) is 11.4 Å². The van der Waals surface area contributed by atoms with Crippen LogP contribution in [0.3, 0.4) is 0 Å². The van der Waals surface area contributed by atoms with Crippen LogP contribution in [-0.4, -0.2) is 33.5 Å². The molecule has 2 aromatic heterocycles. The van der Waals surface area contributed by atoms with Crippen LogP contribution in [0.1, 0.15) is 16.2 Å². The molecule has 2 aromatic carbocycles. The van der Waals surface area contributed by atoms with Gasteiger partial charge in [-0.15, -0.1) is 10.2 Å². The lowest BCUT2D eigenvalue weighted by Gasteiger charge is -2.08. The molecule has 0 unspecified atom stereocenters. The van der Waals surface area contributed by atoms with E-state index in [1.54, 1.807) is 53.1 Å². The van der Waals surface area contributed by atoms with Crippen molar-refractivity contribution in [3.63, 3.8) is 0 Å². The summed E-state index contributed by atoms with van der Waals surface area (Å²) in [6.45, 7) is 0. The molecule has 156 valence electrons. The maximum atomic E-state index is 12.6. The number of carbonyl (C=O) groups is 2. The molecule has 0 radical (unpaired) electrons. The Hall–Kier alpha value is -3.91. The molecule has 0 spiro atoms. The van der Waals surface area contributed by atoms with Gasteiger partial charge in [-0.25, -0.2) is 0 Å². The van der Waals surface area contributed by atoms with Crippen molar-refractivity contribution >= 4 is 40.4 Å². The number of nitrogens with one attached hydrogen (secondary N) is 2. The molecular formula is C22H18ClN5O3. The molecule has 31 heavy (non-hydrogen) atoms. The van der Waals surface area contributed by atoms with Gasteiger partial charge in [0.15, 0.2) is 5.65 Å². The van der Waals surface area contributed by atoms with Crippen molar-refractivity contribution in [3.8, 4) is 5.75 Å². The first-order chi connectivity index (χ1) is 15.0. The van der Waals surface area contributed by atoms with Gasteiger partial charge in [-0.1, -0.05) is 29.8 Å². The van der Waals surface area contributed by atoms with E-state index in [4.69, 9.17) is 16.3 Å². The number of rotatable bonds is 6. The van der Waals surface area contributed by atoms with Crippen LogP contribution in [0.2, 0.25) is 5.02 Å². The minimum absolute atomic E-state index is 0.0332. The van der Waals surface area contributed by atoms with E-state index in [-0.39, 0.29) is 18.2 Å². The number of halogens is 1. The third kappa shape index (κ3) is 4.65. The van der Waals surface area contributed by atoms with Crippen molar-refractivity contribution in [2.75, 3.05) is 17.7 Å². The Bertz CT molecular complexity index is 1260. The van der Waals surface area contributed by atoms with Gasteiger partial charge >= 0.3 is 0 Å². The Morgan fingerprint density at radius 2 is 1.81 bits per heavy atom. The first kappa shape index (κ1) is 20.4. The zero-order valence-electron chi connectivity index (χ0n) is 16.5. The number of fused-ring (bicyclic) bond motifs is 1. The second-order valence-electron chi connectivity index (χ2n) is 6.66. The largest absolute Gasteiger partial charge is 0.495 e. The molecule has 0 saturated carbocycles. The van der Waals surface area contributed by atoms with Crippen LogP contribution in [0.25, 0.3) is 5.65 Å². The Morgan fingerprint density at radius 1 is 1.00 bits per heavy atom. The standard InChI is InChI=1S/C22H18ClN5O3/c1-31-18-9-8-16(11-17(18)23)24-21(29)12-20-27-26-19-10-7-14(13-28(19)20)22(30)25-15-5-3-2-4-6-15/h2-11,13H,12H2,1H3,(H,24,29)(H,25,30). The maximum Gasteiger partial charge on any atom is 0.257 e. The number of methoxy groups -OCH3 is 1. The van der Waals surface area contributed by atoms with E-state index in [9.17, 15) is 9.59 Å². The molecule has 0 aliphatic heterocycles. The first-order valence-electron chi connectivity index (χ1n) is 9.37. The zero-order valence-corrected chi connectivity index (χ0v) is 17.3. The molecule has 0 saturated heterocycles. The molecule has 2 heterocycles. The summed E-state index contributed by atoms with van der Waals surface area (Å²) >= 11 is 6.10. The zero-order chi connectivity index (χ0) is 21.8. The third-order valence-electron chi connectivity index (χ3n) is 4.52. The topological polar surface area (TPSA) is 97.6 Å². The Morgan fingerprint density at radius 3 is 2.55 bits per heavy atom. The second kappa shape index (κ2) is 8.85. The van der Waals surface area contributed by atoms with Crippen LogP contribution >= 0.6 is 11.6 Å². The fraction of sp³-hybridized carbons (Fsp3) is 0.0909. The highest BCUT2D eigenvalue weighted by atomic mass is 35.5. The van der Waals surface area contributed by atoms with E-state index in [2.05, 4.69) is 20.8 Å². The number of aromatic nitrogens is 3. The SMILES string of the molecule is COc1ccc(NC(=O)Cc2nnc3ccc(C(=O)Nc4ccccc4)cn23)cc1Cl. The average Bonchev–Trinajstić information content (AvgIpc) is 3.16. The van der Waals surface area contributed by atoms with E-state index in [1.807, 2.05) is 18.2 Å². The lowest BCUT2D eigenvalue weighted by molar-refractivity contribution is -0.115. The van der Waals surface area contributed by atoms with Crippen molar-refractivity contribution in [3.05, 3.63) is 83.3 Å². The van der Waals surface area contributed by atoms with Gasteiger partial charge in [0.2, 0.25) is 5.91 Å². The van der Waals surface area contributed by atoms with Gasteiger partial charge in [0, 0.05) is 17.6 Å². The van der Waals surface area contributed by atoms with E-state index < -0.39 is 0 Å². The fourth-order valence-corrected chi connectivity index (χ4v) is 3.27. The predicted molar refractivity (Wildman–Crippen MR) is 118 cm³/mol. The molecule has 9 heteroatoms. The van der Waals surface area contributed by atoms with Crippen LogP contribution in [-0.2, 0) is 11.2 Å². The molecule has 0 aliphatic carbocycles. The fourth-order valence-electron chi connectivity index (χ4n) is 3.01. The molecular weight excluding hydrogens is 418 g/mol. The number of anilines is 2. The number of benzene rings is 2. The number of pyridine rings is 1. The normalized spacial score (nSPS) is 10.6. The highest BCUT2D eigenvalue weighted by Crippen LogP contribution is 2.27. The molecule has 0 bridgehead atoms. The van der Waals surface area contributed by atoms with E-state index >= 15 is 0 Å². The molecule has 0 atom stereocenters. The average molecular weight is 436 g/mol. The molecule has 2 N–H and O–H groups in total. The van der Waals surface area contributed by atoms with Crippen LogP contribution in [0, 0.1) is 0 Å². The quantitative estimate of drug-likeness (QED) is 0.479. The third-order valence-corrected chi connectivity index (χ3v) is 4.82. The van der Waals surface area contributed by atoms with Crippen LogP contribution in [0.15, 0.2) is 66.9 Å². The minimum atomic E-state index is -0.297. The molecule has 4 rings (SSSR count). The van der Waals surface area contributed by atoms with Crippen molar-refractivity contribution in [2.45, 2.75) is 6.42 Å². The summed E-state index contributed by atoms with van der Waals surface area (Å²) in [4.78, 5) is 25.1. The number of ether oxygens (including phenoxy) is 1. The smallest absolute Gasteiger partial charge is 0.257 e. The minimum Gasteiger partial charge on any atom is -0.495 e. The number of nitrogens with zero attached hydrogens (tertiary/aromatic N) is 3. The van der Waals surface area contributed by atoms with Gasteiger partial charge in [0.1, 0.15) is 11.6 Å². The van der Waals surface area contributed by atoms with E-state index in [0.29, 0.717) is 39.2 Å². The molecule has 4 aromatic rings. The van der Waals surface area contributed by atoms with Gasteiger partial charge < -0.3 is 15.4 Å². The van der Waals surface area contributed by atoms with E-state index in [1.165, 1.54) is 7.11 Å². The Labute approximate surface area is 182 Å². The van der Waals surface area contributed by atoms with Crippen LogP contribution < -0.4 is 15.4 Å². The molecule has 2 amide bonds. The monoisotopic (exact) mass is 435 g/mol. The number of para-hydroxylation sites is 1. The maximum absolute atomic E-state index is 12.6. The van der Waals surface area contributed by atoms with Crippen molar-refractivity contribution in [1.29, 1.82) is 0 Å². The van der Waals surface area contributed by atoms with Crippen LogP contribution in [0.5, 0.6) is 5.75 Å². The van der Waals surface area contributed by atoms with E-state index in [0.717, 1.165) is 0 Å². The lowest BCUT2D eigenvalue weighted by atomic mass is 10.2. The van der Waals surface area contributed by atoms with Gasteiger partial charge in [-0.05, 0) is 42.5 Å². The van der Waals surface area contributed by atoms with Crippen molar-refractivity contribution < 1.29 is 14.3 Å². The summed E-state index contributed by atoms with van der Waals surface area (Å²) < 4.78 is 6.73. The summed E-state index contributed by atoms with van der Waals surface area (Å²) in [5, 5.41) is 14.1. The number of amides is 2. The Balaban J connectivity index is 1.50. The van der Waals surface area contributed by atoms with Gasteiger partial charge in [-0.3, -0.25) is 14.0 Å². The number of hydrogen-bond acceptors (Lipinski definition) is 5. The second-order valence-corrected chi connectivity index (χ2v) is 7.06. The molecule has 0 aliphatic rings. The van der Waals surface area contributed by atoms with Gasteiger partial charge in [0.25, 0.3) is 5.91 Å².